The molecule has 2 bridgehead atoms. The number of carbonyl (C=O) groups excluding carboxylic acids is 2. The van der Waals surface area contributed by atoms with Crippen molar-refractivity contribution in [3.05, 3.63) is 89.5 Å². The van der Waals surface area contributed by atoms with E-state index >= 15 is 0 Å². The van der Waals surface area contributed by atoms with E-state index < -0.39 is 29.7 Å². The Bertz CT molecular complexity index is 1440. The highest BCUT2D eigenvalue weighted by molar-refractivity contribution is 6.03. The number of aliphatic hydroxyl groups excluding tert-OH is 1. The Morgan fingerprint density at radius 1 is 0.952 bits per heavy atom. The van der Waals surface area contributed by atoms with Crippen LogP contribution in [0.5, 0.6) is 5.75 Å². The Hall–Kier alpha value is -3.86. The van der Waals surface area contributed by atoms with E-state index in [1.54, 1.807) is 12.1 Å². The van der Waals surface area contributed by atoms with E-state index in [9.17, 15) is 28.6 Å². The lowest BCUT2D eigenvalue weighted by Crippen LogP contribution is -2.68. The second kappa shape index (κ2) is 11.4. The van der Waals surface area contributed by atoms with Gasteiger partial charge in [0.1, 0.15) is 17.4 Å². The maximum absolute atomic E-state index is 13.6. The summed E-state index contributed by atoms with van der Waals surface area (Å²) in [5, 5.41) is 24.7. The maximum Gasteiger partial charge on any atom is 0.279 e. The van der Waals surface area contributed by atoms with Gasteiger partial charge in [-0.1, -0.05) is 18.2 Å². The van der Waals surface area contributed by atoms with Crippen molar-refractivity contribution < 1.29 is 33.1 Å². The predicted octanol–water partition coefficient (Wildman–Crippen LogP) is 3.97. The molecule has 4 fully saturated rings. The summed E-state index contributed by atoms with van der Waals surface area (Å²) in [6.45, 7) is 6.31. The van der Waals surface area contributed by atoms with Crippen molar-refractivity contribution in [2.24, 2.45) is 5.92 Å². The predicted molar refractivity (Wildman–Crippen MR) is 154 cm³/mol. The average molecular weight is 578 g/mol. The number of anilines is 2. The molecular formula is C32H35F2N4O4+. The standard InChI is InChI=1S/C32H34F2N4O4/c33-22-3-1-21(2-4-22)28(39)12-11-27-31(37(32(27)42)25-8-5-23(34)6-9-25)26-10-7-24(19-29(26)40)35-30(41)20-38-16-13-36(14-17-38)15-18-38/h1-10,19,27-28,31,39H,11-18,20H2,(H-,35,40,41)/p+1. The number of β-lactam (4-membered cyclic amide) rings is 1. The molecule has 7 rings (SSSR count). The zero-order valence-electron chi connectivity index (χ0n) is 23.3. The lowest BCUT2D eigenvalue weighted by molar-refractivity contribution is -0.933. The summed E-state index contributed by atoms with van der Waals surface area (Å²) in [7, 11) is 0. The van der Waals surface area contributed by atoms with Gasteiger partial charge in [-0.3, -0.25) is 14.5 Å². The number of fused-ring (bicyclic) bond motifs is 3. The summed E-state index contributed by atoms with van der Waals surface area (Å²) < 4.78 is 27.7. The Morgan fingerprint density at radius 2 is 1.57 bits per heavy atom. The monoisotopic (exact) mass is 577 g/mol. The fourth-order valence-electron chi connectivity index (χ4n) is 6.61. The average Bonchev–Trinajstić information content (AvgIpc) is 2.98. The molecule has 0 spiro atoms. The lowest BCUT2D eigenvalue weighted by Gasteiger charge is -2.50. The molecule has 0 aliphatic carbocycles. The van der Waals surface area contributed by atoms with Gasteiger partial charge in [-0.2, -0.15) is 0 Å². The minimum absolute atomic E-state index is 0.0693. The lowest BCUT2D eigenvalue weighted by atomic mass is 9.78. The molecule has 2 amide bonds. The van der Waals surface area contributed by atoms with Crippen LogP contribution in [0.25, 0.3) is 0 Å². The zero-order chi connectivity index (χ0) is 29.4. The number of amides is 2. The van der Waals surface area contributed by atoms with Crippen molar-refractivity contribution in [3.63, 3.8) is 0 Å². The van der Waals surface area contributed by atoms with Crippen molar-refractivity contribution in [1.82, 2.24) is 4.90 Å². The number of phenols is 1. The van der Waals surface area contributed by atoms with Crippen molar-refractivity contribution in [1.29, 1.82) is 0 Å². The first kappa shape index (κ1) is 28.3. The van der Waals surface area contributed by atoms with E-state index in [2.05, 4.69) is 10.2 Å². The first-order valence-corrected chi connectivity index (χ1v) is 14.4. The highest BCUT2D eigenvalue weighted by atomic mass is 19.1. The summed E-state index contributed by atoms with van der Waals surface area (Å²) in [4.78, 5) is 30.3. The van der Waals surface area contributed by atoms with Crippen LogP contribution in [0.4, 0.5) is 20.2 Å². The van der Waals surface area contributed by atoms with Gasteiger partial charge >= 0.3 is 0 Å². The topological polar surface area (TPSA) is 93.1 Å². The number of carbonyl (C=O) groups is 2. The number of hydrogen-bond acceptors (Lipinski definition) is 5. The Morgan fingerprint density at radius 3 is 2.19 bits per heavy atom. The molecule has 0 saturated carbocycles. The molecule has 3 aromatic rings. The van der Waals surface area contributed by atoms with Gasteiger partial charge in [0.05, 0.1) is 37.7 Å². The first-order chi connectivity index (χ1) is 20.2. The molecule has 4 aliphatic rings. The molecular weight excluding hydrogens is 542 g/mol. The second-order valence-corrected chi connectivity index (χ2v) is 11.7. The normalized spacial score (nSPS) is 25.6. The molecule has 3 unspecified atom stereocenters. The van der Waals surface area contributed by atoms with Gasteiger partial charge in [0, 0.05) is 42.6 Å². The van der Waals surface area contributed by atoms with E-state index in [0.29, 0.717) is 35.5 Å². The molecule has 0 aromatic heterocycles. The highest BCUT2D eigenvalue weighted by Crippen LogP contribution is 2.49. The fourth-order valence-corrected chi connectivity index (χ4v) is 6.61. The van der Waals surface area contributed by atoms with Crippen LogP contribution in [0.1, 0.15) is 36.1 Å². The summed E-state index contributed by atoms with van der Waals surface area (Å²) >= 11 is 0. The number of nitrogens with one attached hydrogen (secondary N) is 1. The number of aliphatic hydroxyl groups is 1. The molecule has 3 aromatic carbocycles. The smallest absolute Gasteiger partial charge is 0.279 e. The summed E-state index contributed by atoms with van der Waals surface area (Å²) in [6, 6.07) is 15.5. The van der Waals surface area contributed by atoms with Crippen LogP contribution in [-0.2, 0) is 9.59 Å². The Kier molecular flexibility index (Phi) is 7.69. The van der Waals surface area contributed by atoms with Gasteiger partial charge in [-0.25, -0.2) is 8.78 Å². The number of rotatable bonds is 9. The van der Waals surface area contributed by atoms with E-state index in [1.165, 1.54) is 59.5 Å². The SMILES string of the molecule is O=C(C[N+]12CCN(CC1)CC2)Nc1ccc(C2C(CCC(O)c3ccc(F)cc3)C(=O)N2c2ccc(F)cc2)c(O)c1. The van der Waals surface area contributed by atoms with Crippen molar-refractivity contribution in [2.45, 2.75) is 25.0 Å². The third-order valence-electron chi connectivity index (χ3n) is 9.11. The van der Waals surface area contributed by atoms with Crippen molar-refractivity contribution in [3.8, 4) is 5.75 Å². The molecule has 10 heteroatoms. The van der Waals surface area contributed by atoms with E-state index in [-0.39, 0.29) is 24.0 Å². The molecule has 4 heterocycles. The van der Waals surface area contributed by atoms with Crippen LogP contribution in [0.2, 0.25) is 0 Å². The minimum Gasteiger partial charge on any atom is -0.508 e. The van der Waals surface area contributed by atoms with Gasteiger partial charge in [0.2, 0.25) is 5.91 Å². The summed E-state index contributed by atoms with van der Waals surface area (Å²) in [5.41, 5.74) is 2.01. The van der Waals surface area contributed by atoms with Crippen molar-refractivity contribution >= 4 is 23.2 Å². The van der Waals surface area contributed by atoms with E-state index in [1.807, 2.05) is 0 Å². The number of nitrogens with zero attached hydrogens (tertiary/aromatic N) is 3. The molecule has 8 nitrogen and oxygen atoms in total. The van der Waals surface area contributed by atoms with Crippen LogP contribution < -0.4 is 10.2 Å². The number of hydrogen-bond donors (Lipinski definition) is 3. The number of benzene rings is 3. The number of halogens is 2. The molecule has 220 valence electrons. The molecule has 42 heavy (non-hydrogen) atoms. The molecule has 4 saturated heterocycles. The maximum atomic E-state index is 13.6. The molecule has 0 radical (unpaired) electrons. The zero-order valence-corrected chi connectivity index (χ0v) is 23.3. The number of phenolic OH excluding ortho intramolecular Hbond substituents is 1. The van der Waals surface area contributed by atoms with Gasteiger partial charge in [-0.15, -0.1) is 0 Å². The Labute approximate surface area is 243 Å². The van der Waals surface area contributed by atoms with E-state index in [0.717, 1.165) is 43.8 Å². The summed E-state index contributed by atoms with van der Waals surface area (Å²) in [6.07, 6.45) is -0.322. The van der Waals surface area contributed by atoms with Gasteiger partial charge in [0.25, 0.3) is 5.91 Å². The first-order valence-electron chi connectivity index (χ1n) is 14.4. The van der Waals surface area contributed by atoms with Crippen molar-refractivity contribution in [2.75, 3.05) is 56.0 Å². The molecule has 3 atom stereocenters. The fraction of sp³-hybridized carbons (Fsp3) is 0.375. The van der Waals surface area contributed by atoms with Crippen LogP contribution in [0.15, 0.2) is 66.7 Å². The Balaban J connectivity index is 1.19. The second-order valence-electron chi connectivity index (χ2n) is 11.7. The third kappa shape index (κ3) is 5.62. The molecule has 4 aliphatic heterocycles. The van der Waals surface area contributed by atoms with E-state index in [4.69, 9.17) is 0 Å². The van der Waals surface area contributed by atoms with Crippen LogP contribution in [-0.4, -0.2) is 77.2 Å². The summed E-state index contributed by atoms with van der Waals surface area (Å²) in [5.74, 6) is -1.75. The number of piperazine rings is 3. The van der Waals surface area contributed by atoms with Gasteiger partial charge < -0.3 is 24.9 Å². The number of aromatic hydroxyl groups is 1. The third-order valence-corrected chi connectivity index (χ3v) is 9.11. The van der Waals surface area contributed by atoms with Gasteiger partial charge in [-0.05, 0) is 60.9 Å². The van der Waals surface area contributed by atoms with Crippen LogP contribution >= 0.6 is 0 Å². The van der Waals surface area contributed by atoms with Crippen LogP contribution in [0, 0.1) is 17.6 Å². The molecule has 3 N–H and O–H groups in total. The van der Waals surface area contributed by atoms with Crippen LogP contribution in [0.3, 0.4) is 0 Å². The number of quaternary nitrogens is 1. The highest BCUT2D eigenvalue weighted by Gasteiger charge is 2.49. The quantitative estimate of drug-likeness (QED) is 0.265. The largest absolute Gasteiger partial charge is 0.508 e. The van der Waals surface area contributed by atoms with Gasteiger partial charge in [0.15, 0.2) is 6.54 Å². The minimum atomic E-state index is -0.889.